The molecule has 1 heterocycles. The Hall–Kier alpha value is -0.640. The molecule has 1 atom stereocenters. The first-order valence-electron chi connectivity index (χ1n) is 6.38. The second-order valence-corrected chi connectivity index (χ2v) is 7.39. The predicted molar refractivity (Wildman–Crippen MR) is 69.3 cm³/mol. The van der Waals surface area contributed by atoms with Gasteiger partial charge in [0, 0.05) is 13.0 Å². The minimum Gasteiger partial charge on any atom is -0.389 e. The van der Waals surface area contributed by atoms with Crippen molar-refractivity contribution >= 4 is 10.0 Å². The topological polar surface area (TPSA) is 81.4 Å². The predicted octanol–water partition coefficient (Wildman–Crippen LogP) is 1.25. The zero-order valence-electron chi connectivity index (χ0n) is 11.1. The molecule has 0 saturated carbocycles. The standard InChI is InChI=1S/C12H22N2O3S/c1-12(2,15)11-7-6-9-14(11)18(16,17)10-5-3-4-8-13/h11,15H,3-7,9-10H2,1-2H3. The maximum atomic E-state index is 12.2. The molecule has 1 N–H and O–H groups in total. The lowest BCUT2D eigenvalue weighted by molar-refractivity contribution is 0.0215. The highest BCUT2D eigenvalue weighted by Crippen LogP contribution is 2.29. The van der Waals surface area contributed by atoms with Gasteiger partial charge in [-0.1, -0.05) is 0 Å². The number of nitriles is 1. The molecule has 104 valence electrons. The van der Waals surface area contributed by atoms with Crippen molar-refractivity contribution in [1.29, 1.82) is 5.26 Å². The molecule has 5 nitrogen and oxygen atoms in total. The van der Waals surface area contributed by atoms with Gasteiger partial charge in [0.1, 0.15) is 0 Å². The second kappa shape index (κ2) is 6.00. The molecule has 1 unspecified atom stereocenters. The third-order valence-corrected chi connectivity index (χ3v) is 5.27. The molecule has 1 saturated heterocycles. The van der Waals surface area contributed by atoms with E-state index in [9.17, 15) is 13.5 Å². The van der Waals surface area contributed by atoms with E-state index in [1.54, 1.807) is 13.8 Å². The summed E-state index contributed by atoms with van der Waals surface area (Å²) in [4.78, 5) is 0. The molecule has 18 heavy (non-hydrogen) atoms. The fourth-order valence-electron chi connectivity index (χ4n) is 2.38. The molecule has 1 aliphatic heterocycles. The van der Waals surface area contributed by atoms with Crippen LogP contribution in [0.2, 0.25) is 0 Å². The van der Waals surface area contributed by atoms with E-state index in [4.69, 9.17) is 5.26 Å². The van der Waals surface area contributed by atoms with Crippen LogP contribution in [0.15, 0.2) is 0 Å². The molecule has 0 aromatic carbocycles. The molecular weight excluding hydrogens is 252 g/mol. The Labute approximate surface area is 109 Å². The molecule has 0 aromatic heterocycles. The highest BCUT2D eigenvalue weighted by Gasteiger charge is 2.41. The van der Waals surface area contributed by atoms with Gasteiger partial charge in [0.15, 0.2) is 0 Å². The lowest BCUT2D eigenvalue weighted by Gasteiger charge is -2.33. The van der Waals surface area contributed by atoms with Gasteiger partial charge < -0.3 is 5.11 Å². The van der Waals surface area contributed by atoms with Crippen LogP contribution in [-0.4, -0.2) is 41.8 Å². The van der Waals surface area contributed by atoms with Gasteiger partial charge >= 0.3 is 0 Å². The largest absolute Gasteiger partial charge is 0.389 e. The van der Waals surface area contributed by atoms with E-state index in [2.05, 4.69) is 0 Å². The van der Waals surface area contributed by atoms with Crippen LogP contribution in [0.3, 0.4) is 0 Å². The van der Waals surface area contributed by atoms with E-state index in [1.165, 1.54) is 4.31 Å². The first kappa shape index (κ1) is 15.4. The van der Waals surface area contributed by atoms with Crippen LogP contribution in [-0.2, 0) is 10.0 Å². The van der Waals surface area contributed by atoms with Gasteiger partial charge in [-0.3, -0.25) is 0 Å². The average molecular weight is 274 g/mol. The van der Waals surface area contributed by atoms with E-state index in [1.807, 2.05) is 6.07 Å². The van der Waals surface area contributed by atoms with E-state index < -0.39 is 15.6 Å². The normalized spacial score (nSPS) is 22.0. The molecule has 6 heteroatoms. The van der Waals surface area contributed by atoms with Gasteiger partial charge in [-0.05, 0) is 39.5 Å². The van der Waals surface area contributed by atoms with Gasteiger partial charge in [0.05, 0.1) is 23.5 Å². The zero-order valence-corrected chi connectivity index (χ0v) is 11.9. The number of rotatable bonds is 6. The third-order valence-electron chi connectivity index (χ3n) is 3.32. The summed E-state index contributed by atoms with van der Waals surface area (Å²) in [7, 11) is -3.31. The number of hydrogen-bond donors (Lipinski definition) is 1. The Morgan fingerprint density at radius 3 is 2.67 bits per heavy atom. The van der Waals surface area contributed by atoms with Crippen LogP contribution >= 0.6 is 0 Å². The second-order valence-electron chi connectivity index (χ2n) is 5.35. The minimum absolute atomic E-state index is 0.0707. The van der Waals surface area contributed by atoms with Crippen molar-refractivity contribution in [2.75, 3.05) is 12.3 Å². The maximum absolute atomic E-state index is 12.2. The van der Waals surface area contributed by atoms with Crippen molar-refractivity contribution < 1.29 is 13.5 Å². The van der Waals surface area contributed by atoms with Gasteiger partial charge in [0.25, 0.3) is 0 Å². The molecular formula is C12H22N2O3S. The van der Waals surface area contributed by atoms with Crippen molar-refractivity contribution in [3.63, 3.8) is 0 Å². The highest BCUT2D eigenvalue weighted by molar-refractivity contribution is 7.89. The van der Waals surface area contributed by atoms with Crippen molar-refractivity contribution in [2.45, 2.75) is 57.6 Å². The number of sulfonamides is 1. The Balaban J connectivity index is 2.64. The van der Waals surface area contributed by atoms with Gasteiger partial charge in [-0.15, -0.1) is 0 Å². The van der Waals surface area contributed by atoms with Gasteiger partial charge in [-0.25, -0.2) is 8.42 Å². The maximum Gasteiger partial charge on any atom is 0.214 e. The summed E-state index contributed by atoms with van der Waals surface area (Å²) < 4.78 is 25.8. The fraction of sp³-hybridized carbons (Fsp3) is 0.917. The van der Waals surface area contributed by atoms with E-state index in [0.29, 0.717) is 32.2 Å². The summed E-state index contributed by atoms with van der Waals surface area (Å²) in [5, 5.41) is 18.4. The van der Waals surface area contributed by atoms with E-state index >= 15 is 0 Å². The Morgan fingerprint density at radius 1 is 1.44 bits per heavy atom. The summed E-state index contributed by atoms with van der Waals surface area (Å²) in [5.74, 6) is 0.0707. The van der Waals surface area contributed by atoms with Crippen LogP contribution in [0.1, 0.15) is 46.0 Å². The minimum atomic E-state index is -3.31. The lowest BCUT2D eigenvalue weighted by atomic mass is 9.98. The van der Waals surface area contributed by atoms with Crippen LogP contribution in [0, 0.1) is 11.3 Å². The summed E-state index contributed by atoms with van der Waals surface area (Å²) >= 11 is 0. The molecule has 0 bridgehead atoms. The van der Waals surface area contributed by atoms with Gasteiger partial charge in [-0.2, -0.15) is 9.57 Å². The Bertz CT molecular complexity index is 406. The van der Waals surface area contributed by atoms with Crippen molar-refractivity contribution in [2.24, 2.45) is 0 Å². The molecule has 0 aromatic rings. The van der Waals surface area contributed by atoms with Crippen LogP contribution in [0.5, 0.6) is 0 Å². The van der Waals surface area contributed by atoms with Crippen molar-refractivity contribution in [3.05, 3.63) is 0 Å². The Morgan fingerprint density at radius 2 is 2.11 bits per heavy atom. The lowest BCUT2D eigenvalue weighted by Crippen LogP contribution is -2.48. The monoisotopic (exact) mass is 274 g/mol. The molecule has 0 spiro atoms. The molecule has 1 fully saturated rings. The molecule has 1 rings (SSSR count). The smallest absolute Gasteiger partial charge is 0.214 e. The summed E-state index contributed by atoms with van der Waals surface area (Å²) in [6.45, 7) is 3.80. The molecule has 1 aliphatic rings. The Kier molecular flexibility index (Phi) is 5.14. The first-order valence-corrected chi connectivity index (χ1v) is 7.99. The quantitative estimate of drug-likeness (QED) is 0.739. The summed E-state index contributed by atoms with van der Waals surface area (Å²) in [6, 6.07) is 1.69. The molecule has 0 aliphatic carbocycles. The van der Waals surface area contributed by atoms with Crippen LogP contribution in [0.25, 0.3) is 0 Å². The summed E-state index contributed by atoms with van der Waals surface area (Å²) in [6.07, 6.45) is 3.01. The third kappa shape index (κ3) is 3.94. The van der Waals surface area contributed by atoms with Crippen LogP contribution in [0.4, 0.5) is 0 Å². The highest BCUT2D eigenvalue weighted by atomic mass is 32.2. The summed E-state index contributed by atoms with van der Waals surface area (Å²) in [5.41, 5.74) is -1.00. The first-order chi connectivity index (χ1) is 8.29. The van der Waals surface area contributed by atoms with E-state index in [-0.39, 0.29) is 11.8 Å². The number of nitrogens with zero attached hydrogens (tertiary/aromatic N) is 2. The number of unbranched alkanes of at least 4 members (excludes halogenated alkanes) is 2. The van der Waals surface area contributed by atoms with Gasteiger partial charge in [0.2, 0.25) is 10.0 Å². The molecule has 0 amide bonds. The fourth-order valence-corrected chi connectivity index (χ4v) is 4.35. The average Bonchev–Trinajstić information content (AvgIpc) is 2.73. The zero-order chi connectivity index (χ0) is 13.8. The molecule has 0 radical (unpaired) electrons. The number of aliphatic hydroxyl groups is 1. The van der Waals surface area contributed by atoms with E-state index in [0.717, 1.165) is 6.42 Å². The number of hydrogen-bond acceptors (Lipinski definition) is 4. The van der Waals surface area contributed by atoms with Crippen molar-refractivity contribution in [3.8, 4) is 6.07 Å². The van der Waals surface area contributed by atoms with Crippen LogP contribution < -0.4 is 0 Å². The SMILES string of the molecule is CC(C)(O)C1CCCN1S(=O)(=O)CCCCC#N. The van der Waals surface area contributed by atoms with Crippen molar-refractivity contribution in [1.82, 2.24) is 4.31 Å².